The van der Waals surface area contributed by atoms with E-state index in [9.17, 15) is 0 Å². The quantitative estimate of drug-likeness (QED) is 0.535. The Morgan fingerprint density at radius 1 is 1.12 bits per heavy atom. The van der Waals surface area contributed by atoms with Crippen LogP contribution >= 0.6 is 23.2 Å². The normalized spacial score (nSPS) is 11.4. The molecule has 2 aromatic carbocycles. The van der Waals surface area contributed by atoms with Crippen molar-refractivity contribution in [2.75, 3.05) is 0 Å². The smallest absolute Gasteiger partial charge is 0.138 e. The van der Waals surface area contributed by atoms with Crippen LogP contribution in [-0.4, -0.2) is 0 Å². The molecule has 0 N–H and O–H groups in total. The van der Waals surface area contributed by atoms with Crippen molar-refractivity contribution in [3.63, 3.8) is 0 Å². The SMILES string of the molecule is Cc1cccc2c1oc1cc(Cl)cc(Cl)c12. The number of para-hydroxylation sites is 1. The molecule has 0 aliphatic carbocycles. The Kier molecular flexibility index (Phi) is 2.13. The molecule has 0 aliphatic heterocycles. The minimum absolute atomic E-state index is 0.592. The van der Waals surface area contributed by atoms with E-state index in [0.717, 1.165) is 27.5 Å². The summed E-state index contributed by atoms with van der Waals surface area (Å²) in [7, 11) is 0. The zero-order valence-corrected chi connectivity index (χ0v) is 10.1. The zero-order chi connectivity index (χ0) is 11.3. The monoisotopic (exact) mass is 250 g/mol. The van der Waals surface area contributed by atoms with E-state index >= 15 is 0 Å². The number of aryl methyl sites for hydroxylation is 1. The molecule has 80 valence electrons. The summed E-state index contributed by atoms with van der Waals surface area (Å²) in [6.07, 6.45) is 0. The van der Waals surface area contributed by atoms with Crippen LogP contribution in [0.1, 0.15) is 5.56 Å². The minimum atomic E-state index is 0.592. The van der Waals surface area contributed by atoms with Gasteiger partial charge in [-0.15, -0.1) is 0 Å². The summed E-state index contributed by atoms with van der Waals surface area (Å²) in [5.41, 5.74) is 2.71. The molecule has 3 heteroatoms. The topological polar surface area (TPSA) is 13.1 Å². The van der Waals surface area contributed by atoms with Crippen molar-refractivity contribution >= 4 is 45.1 Å². The van der Waals surface area contributed by atoms with Gasteiger partial charge in [0.15, 0.2) is 0 Å². The number of benzene rings is 2. The van der Waals surface area contributed by atoms with Crippen LogP contribution in [-0.2, 0) is 0 Å². The average molecular weight is 251 g/mol. The second-order valence-corrected chi connectivity index (χ2v) is 4.66. The molecule has 0 radical (unpaired) electrons. The van der Waals surface area contributed by atoms with Crippen molar-refractivity contribution in [3.8, 4) is 0 Å². The van der Waals surface area contributed by atoms with Crippen LogP contribution in [0.15, 0.2) is 34.7 Å². The van der Waals surface area contributed by atoms with Gasteiger partial charge >= 0.3 is 0 Å². The van der Waals surface area contributed by atoms with Crippen molar-refractivity contribution < 1.29 is 4.42 Å². The van der Waals surface area contributed by atoms with Gasteiger partial charge in [0, 0.05) is 21.9 Å². The van der Waals surface area contributed by atoms with Gasteiger partial charge in [0.05, 0.1) is 5.02 Å². The van der Waals surface area contributed by atoms with E-state index in [1.165, 1.54) is 0 Å². The van der Waals surface area contributed by atoms with Crippen LogP contribution in [0.2, 0.25) is 10.0 Å². The van der Waals surface area contributed by atoms with E-state index in [4.69, 9.17) is 27.6 Å². The Hall–Kier alpha value is -1.18. The van der Waals surface area contributed by atoms with E-state index in [-0.39, 0.29) is 0 Å². The summed E-state index contributed by atoms with van der Waals surface area (Å²) < 4.78 is 5.78. The lowest BCUT2D eigenvalue weighted by Gasteiger charge is -1.95. The van der Waals surface area contributed by atoms with Crippen LogP contribution in [0.5, 0.6) is 0 Å². The highest BCUT2D eigenvalue weighted by atomic mass is 35.5. The fourth-order valence-electron chi connectivity index (χ4n) is 1.99. The number of halogens is 2. The van der Waals surface area contributed by atoms with Crippen molar-refractivity contribution in [2.24, 2.45) is 0 Å². The van der Waals surface area contributed by atoms with Crippen LogP contribution in [0.4, 0.5) is 0 Å². The molecule has 0 bridgehead atoms. The lowest BCUT2D eigenvalue weighted by atomic mass is 10.1. The number of hydrogen-bond donors (Lipinski definition) is 0. The van der Waals surface area contributed by atoms with Gasteiger partial charge in [-0.1, -0.05) is 41.4 Å². The number of fused-ring (bicyclic) bond motifs is 3. The Labute approximate surface area is 103 Å². The average Bonchev–Trinajstić information content (AvgIpc) is 2.57. The molecule has 3 rings (SSSR count). The van der Waals surface area contributed by atoms with E-state index < -0.39 is 0 Å². The third kappa shape index (κ3) is 1.32. The van der Waals surface area contributed by atoms with E-state index in [1.807, 2.05) is 25.1 Å². The summed E-state index contributed by atoms with van der Waals surface area (Å²) in [4.78, 5) is 0. The summed E-state index contributed by atoms with van der Waals surface area (Å²) in [6.45, 7) is 2.01. The fraction of sp³-hybridized carbons (Fsp3) is 0.0769. The van der Waals surface area contributed by atoms with Crippen molar-refractivity contribution in [1.29, 1.82) is 0 Å². The summed E-state index contributed by atoms with van der Waals surface area (Å²) in [6, 6.07) is 9.55. The molecule has 0 unspecified atom stereocenters. The molecule has 0 saturated heterocycles. The predicted molar refractivity (Wildman–Crippen MR) is 68.5 cm³/mol. The third-order valence-corrected chi connectivity index (χ3v) is 3.23. The molecule has 0 amide bonds. The van der Waals surface area contributed by atoms with Gasteiger partial charge in [-0.05, 0) is 18.6 Å². The molecule has 0 fully saturated rings. The lowest BCUT2D eigenvalue weighted by molar-refractivity contribution is 0.666. The zero-order valence-electron chi connectivity index (χ0n) is 8.55. The molecule has 0 aliphatic rings. The fourth-order valence-corrected chi connectivity index (χ4v) is 2.56. The van der Waals surface area contributed by atoms with Gasteiger partial charge in [0.25, 0.3) is 0 Å². The Morgan fingerprint density at radius 2 is 1.94 bits per heavy atom. The summed E-state index contributed by atoms with van der Waals surface area (Å²) in [5, 5.41) is 3.20. The second-order valence-electron chi connectivity index (χ2n) is 3.81. The van der Waals surface area contributed by atoms with Gasteiger partial charge in [-0.2, -0.15) is 0 Å². The highest BCUT2D eigenvalue weighted by molar-refractivity contribution is 6.40. The van der Waals surface area contributed by atoms with Crippen molar-refractivity contribution in [2.45, 2.75) is 6.92 Å². The molecule has 0 spiro atoms. The maximum Gasteiger partial charge on any atom is 0.138 e. The third-order valence-electron chi connectivity index (χ3n) is 2.71. The first-order chi connectivity index (χ1) is 7.66. The molecule has 0 saturated carbocycles. The van der Waals surface area contributed by atoms with Gasteiger partial charge in [-0.3, -0.25) is 0 Å². The highest BCUT2D eigenvalue weighted by Crippen LogP contribution is 2.37. The lowest BCUT2D eigenvalue weighted by Crippen LogP contribution is -1.72. The molecule has 16 heavy (non-hydrogen) atoms. The van der Waals surface area contributed by atoms with E-state index in [1.54, 1.807) is 12.1 Å². The van der Waals surface area contributed by atoms with Crippen LogP contribution in [0.25, 0.3) is 21.9 Å². The molecule has 1 nitrogen and oxygen atoms in total. The second kappa shape index (κ2) is 3.41. The van der Waals surface area contributed by atoms with E-state index in [0.29, 0.717) is 10.0 Å². The first kappa shape index (κ1) is 10.0. The first-order valence-corrected chi connectivity index (χ1v) is 5.69. The van der Waals surface area contributed by atoms with Gasteiger partial charge in [0.2, 0.25) is 0 Å². The van der Waals surface area contributed by atoms with Crippen molar-refractivity contribution in [3.05, 3.63) is 45.9 Å². The van der Waals surface area contributed by atoms with Gasteiger partial charge in [-0.25, -0.2) is 0 Å². The maximum absolute atomic E-state index is 6.19. The highest BCUT2D eigenvalue weighted by Gasteiger charge is 2.12. The summed E-state index contributed by atoms with van der Waals surface area (Å²) in [5.74, 6) is 0. The molecular formula is C13H8Cl2O. The standard InChI is InChI=1S/C13H8Cl2O/c1-7-3-2-4-9-12-10(15)5-8(14)6-11(12)16-13(7)9/h2-6H,1H3. The van der Waals surface area contributed by atoms with Crippen LogP contribution in [0.3, 0.4) is 0 Å². The molecule has 1 heterocycles. The Balaban J connectivity index is 2.61. The summed E-state index contributed by atoms with van der Waals surface area (Å²) >= 11 is 12.1. The molecular weight excluding hydrogens is 243 g/mol. The van der Waals surface area contributed by atoms with Crippen molar-refractivity contribution in [1.82, 2.24) is 0 Å². The van der Waals surface area contributed by atoms with Gasteiger partial charge in [0.1, 0.15) is 11.2 Å². The molecule has 0 atom stereocenters. The Morgan fingerprint density at radius 3 is 2.75 bits per heavy atom. The predicted octanol–water partition coefficient (Wildman–Crippen LogP) is 5.20. The maximum atomic E-state index is 6.19. The Bertz CT molecular complexity index is 698. The van der Waals surface area contributed by atoms with Gasteiger partial charge < -0.3 is 4.42 Å². The number of rotatable bonds is 0. The largest absolute Gasteiger partial charge is 0.456 e. The van der Waals surface area contributed by atoms with Crippen LogP contribution < -0.4 is 0 Å². The molecule has 3 aromatic rings. The van der Waals surface area contributed by atoms with E-state index in [2.05, 4.69) is 0 Å². The first-order valence-electron chi connectivity index (χ1n) is 4.93. The molecule has 1 aromatic heterocycles. The number of hydrogen-bond acceptors (Lipinski definition) is 1. The van der Waals surface area contributed by atoms with Crippen LogP contribution in [0, 0.1) is 6.92 Å². The minimum Gasteiger partial charge on any atom is -0.456 e. The number of furan rings is 1.